The molecule has 0 amide bonds. The Morgan fingerprint density at radius 2 is 2.06 bits per heavy atom. The molecule has 0 aliphatic heterocycles. The molecule has 0 radical (unpaired) electrons. The van der Waals surface area contributed by atoms with Crippen molar-refractivity contribution in [1.82, 2.24) is 0 Å². The van der Waals surface area contributed by atoms with Gasteiger partial charge in [-0.1, -0.05) is 28.1 Å². The summed E-state index contributed by atoms with van der Waals surface area (Å²) in [6.07, 6.45) is 0. The second kappa shape index (κ2) is 5.07. The average molecular weight is 300 g/mol. The maximum atomic E-state index is 5.99. The van der Waals surface area contributed by atoms with Crippen LogP contribution in [0.4, 0.5) is 0 Å². The van der Waals surface area contributed by atoms with Gasteiger partial charge >= 0.3 is 0 Å². The Labute approximate surface area is 108 Å². The molecule has 0 heterocycles. The Bertz CT molecular complexity index is 511. The normalized spacial score (nSPS) is 10.7. The number of ether oxygens (including phenoxy) is 1. The summed E-state index contributed by atoms with van der Waals surface area (Å²) in [6, 6.07) is 10.2. The van der Waals surface area contributed by atoms with E-state index in [0.717, 1.165) is 21.2 Å². The van der Waals surface area contributed by atoms with Crippen LogP contribution in [0.15, 0.2) is 34.8 Å². The van der Waals surface area contributed by atoms with E-state index in [-0.39, 0.29) is 0 Å². The van der Waals surface area contributed by atoms with Gasteiger partial charge in [0.15, 0.2) is 0 Å². The summed E-state index contributed by atoms with van der Waals surface area (Å²) < 4.78 is 6.64. The zero-order valence-corrected chi connectivity index (χ0v) is 11.3. The first kappa shape index (κ1) is 11.7. The highest BCUT2D eigenvalue weighted by Crippen LogP contribution is 2.31. The summed E-state index contributed by atoms with van der Waals surface area (Å²) >= 11 is 9.46. The molecule has 2 rings (SSSR count). The third-order valence-corrected chi connectivity index (χ3v) is 3.24. The highest BCUT2D eigenvalue weighted by molar-refractivity contribution is 9.10. The van der Waals surface area contributed by atoms with Crippen molar-refractivity contribution >= 4 is 38.3 Å². The minimum absolute atomic E-state index is 0.467. The molecule has 0 spiro atoms. The van der Waals surface area contributed by atoms with Crippen molar-refractivity contribution < 1.29 is 4.74 Å². The van der Waals surface area contributed by atoms with E-state index in [0.29, 0.717) is 12.5 Å². The van der Waals surface area contributed by atoms with Crippen LogP contribution in [0, 0.1) is 0 Å². The predicted molar refractivity (Wildman–Crippen MR) is 72.4 cm³/mol. The highest BCUT2D eigenvalue weighted by Gasteiger charge is 2.07. The van der Waals surface area contributed by atoms with Crippen LogP contribution in [0.1, 0.15) is 12.5 Å². The molecule has 2 aromatic rings. The van der Waals surface area contributed by atoms with E-state index < -0.39 is 0 Å². The molecule has 16 heavy (non-hydrogen) atoms. The molecule has 0 aliphatic carbocycles. The molecule has 0 atom stereocenters. The van der Waals surface area contributed by atoms with Crippen LogP contribution in [-0.4, -0.2) is 6.61 Å². The standard InChI is InChI=1S/C13H12BrClO/c1-2-16-13-6-3-9-7-10(14)4-5-11(9)12(13)8-15/h3-7H,2,8H2,1H3. The molecule has 84 valence electrons. The molecule has 3 heteroatoms. The lowest BCUT2D eigenvalue weighted by Crippen LogP contribution is -1.96. The molecule has 0 unspecified atom stereocenters. The van der Waals surface area contributed by atoms with E-state index in [2.05, 4.69) is 34.1 Å². The van der Waals surface area contributed by atoms with E-state index in [1.54, 1.807) is 0 Å². The van der Waals surface area contributed by atoms with Crippen LogP contribution in [0.5, 0.6) is 5.75 Å². The second-order valence-electron chi connectivity index (χ2n) is 3.47. The largest absolute Gasteiger partial charge is 0.494 e. The van der Waals surface area contributed by atoms with E-state index in [1.807, 2.05) is 19.1 Å². The second-order valence-corrected chi connectivity index (χ2v) is 4.66. The van der Waals surface area contributed by atoms with Crippen LogP contribution >= 0.6 is 27.5 Å². The summed E-state index contributed by atoms with van der Waals surface area (Å²) in [6.45, 7) is 2.63. The number of hydrogen-bond acceptors (Lipinski definition) is 1. The van der Waals surface area contributed by atoms with E-state index in [9.17, 15) is 0 Å². The quantitative estimate of drug-likeness (QED) is 0.744. The molecular formula is C13H12BrClO. The zero-order valence-electron chi connectivity index (χ0n) is 8.97. The molecule has 0 aliphatic rings. The third kappa shape index (κ3) is 2.18. The Balaban J connectivity index is 2.65. The number of halogens is 2. The first-order chi connectivity index (χ1) is 7.76. The minimum atomic E-state index is 0.467. The van der Waals surface area contributed by atoms with Crippen molar-refractivity contribution in [2.75, 3.05) is 6.61 Å². The van der Waals surface area contributed by atoms with Crippen LogP contribution in [0.25, 0.3) is 10.8 Å². The number of benzene rings is 2. The van der Waals surface area contributed by atoms with Crippen LogP contribution < -0.4 is 4.74 Å². The topological polar surface area (TPSA) is 9.23 Å². The first-order valence-electron chi connectivity index (χ1n) is 5.16. The number of hydrogen-bond donors (Lipinski definition) is 0. The Kier molecular flexibility index (Phi) is 3.72. The molecule has 0 N–H and O–H groups in total. The average Bonchev–Trinajstić information content (AvgIpc) is 2.29. The number of alkyl halides is 1. The SMILES string of the molecule is CCOc1ccc2cc(Br)ccc2c1CCl. The van der Waals surface area contributed by atoms with Gasteiger partial charge < -0.3 is 4.74 Å². The summed E-state index contributed by atoms with van der Waals surface area (Å²) in [7, 11) is 0. The monoisotopic (exact) mass is 298 g/mol. The van der Waals surface area contributed by atoms with Crippen LogP contribution in [0.3, 0.4) is 0 Å². The molecule has 0 saturated carbocycles. The molecular weight excluding hydrogens is 287 g/mol. The van der Waals surface area contributed by atoms with E-state index in [4.69, 9.17) is 16.3 Å². The molecule has 1 nitrogen and oxygen atoms in total. The van der Waals surface area contributed by atoms with Crippen molar-refractivity contribution in [3.05, 3.63) is 40.4 Å². The maximum Gasteiger partial charge on any atom is 0.124 e. The van der Waals surface area contributed by atoms with Gasteiger partial charge in [-0.25, -0.2) is 0 Å². The fourth-order valence-corrected chi connectivity index (χ4v) is 2.43. The van der Waals surface area contributed by atoms with Crippen LogP contribution in [0.2, 0.25) is 0 Å². The molecule has 0 saturated heterocycles. The van der Waals surface area contributed by atoms with Crippen molar-refractivity contribution in [3.63, 3.8) is 0 Å². The minimum Gasteiger partial charge on any atom is -0.494 e. The van der Waals surface area contributed by atoms with Gasteiger partial charge in [-0.3, -0.25) is 0 Å². The predicted octanol–water partition coefficient (Wildman–Crippen LogP) is 4.74. The van der Waals surface area contributed by atoms with Gasteiger partial charge in [-0.2, -0.15) is 0 Å². The smallest absolute Gasteiger partial charge is 0.124 e. The van der Waals surface area contributed by atoms with Gasteiger partial charge in [-0.05, 0) is 35.9 Å². The van der Waals surface area contributed by atoms with Crippen molar-refractivity contribution in [2.45, 2.75) is 12.8 Å². The molecule has 0 aromatic heterocycles. The highest BCUT2D eigenvalue weighted by atomic mass is 79.9. The lowest BCUT2D eigenvalue weighted by molar-refractivity contribution is 0.338. The van der Waals surface area contributed by atoms with Crippen molar-refractivity contribution in [1.29, 1.82) is 0 Å². The molecule has 0 bridgehead atoms. The number of rotatable bonds is 3. The van der Waals surface area contributed by atoms with E-state index in [1.165, 1.54) is 5.39 Å². The van der Waals surface area contributed by atoms with Crippen LogP contribution in [-0.2, 0) is 5.88 Å². The van der Waals surface area contributed by atoms with Gasteiger partial charge in [0.25, 0.3) is 0 Å². The Morgan fingerprint density at radius 1 is 1.25 bits per heavy atom. The Morgan fingerprint density at radius 3 is 2.75 bits per heavy atom. The van der Waals surface area contributed by atoms with E-state index >= 15 is 0 Å². The fraction of sp³-hybridized carbons (Fsp3) is 0.231. The molecule has 2 aromatic carbocycles. The van der Waals surface area contributed by atoms with Gasteiger partial charge in [0.1, 0.15) is 5.75 Å². The summed E-state index contributed by atoms with van der Waals surface area (Å²) in [5.74, 6) is 1.35. The van der Waals surface area contributed by atoms with Crippen molar-refractivity contribution in [2.24, 2.45) is 0 Å². The van der Waals surface area contributed by atoms with Gasteiger partial charge in [-0.15, -0.1) is 11.6 Å². The summed E-state index contributed by atoms with van der Waals surface area (Å²) in [4.78, 5) is 0. The van der Waals surface area contributed by atoms with Gasteiger partial charge in [0, 0.05) is 10.0 Å². The summed E-state index contributed by atoms with van der Waals surface area (Å²) in [5.41, 5.74) is 1.06. The fourth-order valence-electron chi connectivity index (χ4n) is 1.77. The molecule has 0 fully saturated rings. The maximum absolute atomic E-state index is 5.99. The third-order valence-electron chi connectivity index (χ3n) is 2.48. The lowest BCUT2D eigenvalue weighted by Gasteiger charge is -2.11. The lowest BCUT2D eigenvalue weighted by atomic mass is 10.0. The van der Waals surface area contributed by atoms with Gasteiger partial charge in [0.05, 0.1) is 12.5 Å². The van der Waals surface area contributed by atoms with Gasteiger partial charge in [0.2, 0.25) is 0 Å². The zero-order chi connectivity index (χ0) is 11.5. The number of fused-ring (bicyclic) bond motifs is 1. The first-order valence-corrected chi connectivity index (χ1v) is 6.49. The van der Waals surface area contributed by atoms with Crippen molar-refractivity contribution in [3.8, 4) is 5.75 Å². The summed E-state index contributed by atoms with van der Waals surface area (Å²) in [5, 5.41) is 2.33. The Hall–Kier alpha value is -0.730.